The first-order chi connectivity index (χ1) is 9.63. The van der Waals surface area contributed by atoms with E-state index in [0.717, 1.165) is 9.37 Å². The molecule has 20 heavy (non-hydrogen) atoms. The Hall–Kier alpha value is -2.14. The second-order valence-electron chi connectivity index (χ2n) is 4.31. The smallest absolute Gasteiger partial charge is 0.266 e. The molecule has 0 radical (unpaired) electrons. The summed E-state index contributed by atoms with van der Waals surface area (Å²) in [6.45, 7) is 0. The number of ether oxygens (including phenoxy) is 1. The Labute approximate surface area is 124 Å². The molecule has 0 saturated heterocycles. The summed E-state index contributed by atoms with van der Waals surface area (Å²) in [7, 11) is 1.50. The molecule has 5 heteroatoms. The zero-order valence-electron chi connectivity index (χ0n) is 10.6. The Morgan fingerprint density at radius 2 is 1.60 bits per heavy atom. The van der Waals surface area contributed by atoms with Crippen molar-refractivity contribution in [2.24, 2.45) is 0 Å². The van der Waals surface area contributed by atoms with Gasteiger partial charge in [-0.25, -0.2) is 4.90 Å². The first-order valence-corrected chi connectivity index (χ1v) is 6.74. The maximum atomic E-state index is 12.4. The molecule has 0 saturated carbocycles. The normalized spacial score (nSPS) is 13.6. The van der Waals surface area contributed by atoms with Crippen LogP contribution in [-0.4, -0.2) is 18.9 Å². The fourth-order valence-corrected chi connectivity index (χ4v) is 2.58. The van der Waals surface area contributed by atoms with Crippen LogP contribution < -0.4 is 9.64 Å². The van der Waals surface area contributed by atoms with E-state index in [-0.39, 0.29) is 11.8 Å². The van der Waals surface area contributed by atoms with Crippen LogP contribution in [0.4, 0.5) is 5.69 Å². The summed E-state index contributed by atoms with van der Waals surface area (Å²) in [5, 5.41) is 0. The van der Waals surface area contributed by atoms with E-state index in [2.05, 4.69) is 15.9 Å². The van der Waals surface area contributed by atoms with Crippen molar-refractivity contribution in [1.82, 2.24) is 0 Å². The highest BCUT2D eigenvalue weighted by Gasteiger charge is 2.37. The van der Waals surface area contributed by atoms with Gasteiger partial charge in [0.2, 0.25) is 0 Å². The van der Waals surface area contributed by atoms with Crippen LogP contribution in [0, 0.1) is 0 Å². The Morgan fingerprint density at radius 3 is 2.15 bits per heavy atom. The highest BCUT2D eigenvalue weighted by atomic mass is 79.9. The molecule has 4 nitrogen and oxygen atoms in total. The van der Waals surface area contributed by atoms with Gasteiger partial charge in [-0.3, -0.25) is 9.59 Å². The summed E-state index contributed by atoms with van der Waals surface area (Å²) in [6, 6.07) is 12.0. The van der Waals surface area contributed by atoms with Crippen LogP contribution in [0.5, 0.6) is 5.75 Å². The Balaban J connectivity index is 2.14. The second-order valence-corrected chi connectivity index (χ2v) is 5.22. The number of nitrogens with zero attached hydrogens (tertiary/aromatic N) is 1. The third kappa shape index (κ3) is 1.82. The molecule has 1 heterocycles. The minimum absolute atomic E-state index is 0.328. The molecule has 0 fully saturated rings. The van der Waals surface area contributed by atoms with Gasteiger partial charge in [-0.15, -0.1) is 0 Å². The van der Waals surface area contributed by atoms with E-state index >= 15 is 0 Å². The second kappa shape index (κ2) is 4.76. The molecule has 1 aliphatic heterocycles. The average molecular weight is 332 g/mol. The highest BCUT2D eigenvalue weighted by molar-refractivity contribution is 9.10. The minimum atomic E-state index is -0.328. The first-order valence-electron chi connectivity index (χ1n) is 5.95. The fourth-order valence-electron chi connectivity index (χ4n) is 2.24. The van der Waals surface area contributed by atoms with Crippen LogP contribution in [0.2, 0.25) is 0 Å². The number of carbonyl (C=O) groups excluding carboxylic acids is 2. The van der Waals surface area contributed by atoms with E-state index in [0.29, 0.717) is 22.6 Å². The number of amides is 2. The molecule has 0 bridgehead atoms. The van der Waals surface area contributed by atoms with Gasteiger partial charge in [0, 0.05) is 4.47 Å². The van der Waals surface area contributed by atoms with Gasteiger partial charge in [0.1, 0.15) is 5.75 Å². The van der Waals surface area contributed by atoms with Crippen molar-refractivity contribution in [3.63, 3.8) is 0 Å². The number of methoxy groups -OCH3 is 1. The molecule has 2 aromatic carbocycles. The Bertz CT molecular complexity index is 692. The molecule has 3 rings (SSSR count). The zero-order valence-corrected chi connectivity index (χ0v) is 12.2. The summed E-state index contributed by atoms with van der Waals surface area (Å²) in [4.78, 5) is 25.9. The molecule has 0 spiro atoms. The number of carbonyl (C=O) groups is 2. The summed E-state index contributed by atoms with van der Waals surface area (Å²) in [6.07, 6.45) is 0. The largest absolute Gasteiger partial charge is 0.495 e. The number of imide groups is 1. The van der Waals surface area contributed by atoms with Crippen LogP contribution in [0.3, 0.4) is 0 Å². The molecular weight excluding hydrogens is 322 g/mol. The summed E-state index contributed by atoms with van der Waals surface area (Å²) < 4.78 is 6.07. The predicted molar refractivity (Wildman–Crippen MR) is 78.3 cm³/mol. The molecule has 0 aromatic heterocycles. The van der Waals surface area contributed by atoms with Crippen LogP contribution in [0.15, 0.2) is 46.9 Å². The van der Waals surface area contributed by atoms with Gasteiger partial charge in [0.15, 0.2) is 0 Å². The molecule has 2 amide bonds. The molecule has 2 aromatic rings. The lowest BCUT2D eigenvalue weighted by Crippen LogP contribution is -2.29. The standard InChI is InChI=1S/C15H10BrNO3/c1-20-13-8-9(16)6-7-12(13)17-14(18)10-4-2-3-5-11(10)15(17)19/h2-8H,1H3. The molecule has 0 N–H and O–H groups in total. The van der Waals surface area contributed by atoms with E-state index in [1.54, 1.807) is 42.5 Å². The van der Waals surface area contributed by atoms with E-state index in [9.17, 15) is 9.59 Å². The number of benzene rings is 2. The van der Waals surface area contributed by atoms with Crippen LogP contribution >= 0.6 is 15.9 Å². The first kappa shape index (κ1) is 12.9. The average Bonchev–Trinajstić information content (AvgIpc) is 2.72. The summed E-state index contributed by atoms with van der Waals surface area (Å²) in [5.41, 5.74) is 1.28. The van der Waals surface area contributed by atoms with E-state index in [4.69, 9.17) is 4.74 Å². The summed E-state index contributed by atoms with van der Waals surface area (Å²) >= 11 is 3.34. The van der Waals surface area contributed by atoms with Gasteiger partial charge in [-0.1, -0.05) is 28.1 Å². The van der Waals surface area contributed by atoms with Crippen molar-refractivity contribution in [2.75, 3.05) is 12.0 Å². The fraction of sp³-hybridized carbons (Fsp3) is 0.0667. The quantitative estimate of drug-likeness (QED) is 0.793. The number of halogens is 1. The lowest BCUT2D eigenvalue weighted by Gasteiger charge is -2.17. The van der Waals surface area contributed by atoms with Gasteiger partial charge in [-0.05, 0) is 30.3 Å². The summed E-state index contributed by atoms with van der Waals surface area (Å²) in [5.74, 6) is -0.189. The van der Waals surface area contributed by atoms with Crippen molar-refractivity contribution in [3.8, 4) is 5.75 Å². The predicted octanol–water partition coefficient (Wildman–Crippen LogP) is 3.26. The van der Waals surface area contributed by atoms with Crippen LogP contribution in [0.1, 0.15) is 20.7 Å². The van der Waals surface area contributed by atoms with Crippen molar-refractivity contribution in [3.05, 3.63) is 58.1 Å². The monoisotopic (exact) mass is 331 g/mol. The number of hydrogen-bond donors (Lipinski definition) is 0. The van der Waals surface area contributed by atoms with E-state index in [1.807, 2.05) is 0 Å². The van der Waals surface area contributed by atoms with Crippen LogP contribution in [0.25, 0.3) is 0 Å². The van der Waals surface area contributed by atoms with Crippen LogP contribution in [-0.2, 0) is 0 Å². The molecule has 0 unspecified atom stereocenters. The van der Waals surface area contributed by atoms with E-state index in [1.165, 1.54) is 7.11 Å². The third-order valence-corrected chi connectivity index (χ3v) is 3.67. The van der Waals surface area contributed by atoms with Crippen molar-refractivity contribution in [2.45, 2.75) is 0 Å². The SMILES string of the molecule is COc1cc(Br)ccc1N1C(=O)c2ccccc2C1=O. The molecule has 1 aliphatic rings. The van der Waals surface area contributed by atoms with E-state index < -0.39 is 0 Å². The maximum absolute atomic E-state index is 12.4. The lowest BCUT2D eigenvalue weighted by atomic mass is 10.1. The molecular formula is C15H10BrNO3. The third-order valence-electron chi connectivity index (χ3n) is 3.18. The van der Waals surface area contributed by atoms with Gasteiger partial charge in [0.05, 0.1) is 23.9 Å². The highest BCUT2D eigenvalue weighted by Crippen LogP contribution is 2.36. The Kier molecular flexibility index (Phi) is 3.06. The van der Waals surface area contributed by atoms with Gasteiger partial charge >= 0.3 is 0 Å². The number of rotatable bonds is 2. The van der Waals surface area contributed by atoms with Gasteiger partial charge in [-0.2, -0.15) is 0 Å². The van der Waals surface area contributed by atoms with Crippen molar-refractivity contribution >= 4 is 33.4 Å². The molecule has 0 atom stereocenters. The number of hydrogen-bond acceptors (Lipinski definition) is 3. The number of anilines is 1. The topological polar surface area (TPSA) is 46.6 Å². The van der Waals surface area contributed by atoms with Gasteiger partial charge < -0.3 is 4.74 Å². The zero-order chi connectivity index (χ0) is 14.3. The minimum Gasteiger partial charge on any atom is -0.495 e. The van der Waals surface area contributed by atoms with Crippen molar-refractivity contribution < 1.29 is 14.3 Å². The number of fused-ring (bicyclic) bond motifs is 1. The lowest BCUT2D eigenvalue weighted by molar-refractivity contribution is 0.0925. The molecule has 0 aliphatic carbocycles. The van der Waals surface area contributed by atoms with Gasteiger partial charge in [0.25, 0.3) is 11.8 Å². The van der Waals surface area contributed by atoms with Crippen molar-refractivity contribution in [1.29, 1.82) is 0 Å². The maximum Gasteiger partial charge on any atom is 0.266 e. The molecule has 100 valence electrons. The Morgan fingerprint density at radius 1 is 1.00 bits per heavy atom.